The Hall–Kier alpha value is -1.97. The molecule has 0 aliphatic rings. The van der Waals surface area contributed by atoms with Crippen molar-refractivity contribution in [3.05, 3.63) is 41.0 Å². The van der Waals surface area contributed by atoms with Crippen molar-refractivity contribution in [1.82, 2.24) is 19.1 Å². The summed E-state index contributed by atoms with van der Waals surface area (Å²) in [4.78, 5) is 8.32. The van der Waals surface area contributed by atoms with E-state index in [1.807, 2.05) is 0 Å². The molecule has 0 amide bonds. The van der Waals surface area contributed by atoms with Crippen LogP contribution in [-0.4, -0.2) is 29.8 Å². The second kappa shape index (κ2) is 5.43. The zero-order valence-electron chi connectivity index (χ0n) is 11.1. The summed E-state index contributed by atoms with van der Waals surface area (Å²) in [5, 5.41) is 4.71. The van der Waals surface area contributed by atoms with Gasteiger partial charge in [-0.15, -0.1) is 11.3 Å². The van der Waals surface area contributed by atoms with Gasteiger partial charge in [0.1, 0.15) is 5.65 Å². The summed E-state index contributed by atoms with van der Waals surface area (Å²) in [5.41, 5.74) is 2.91. The number of sulfonamides is 1. The normalized spacial score (nSPS) is 11.9. The number of nitrogens with zero attached hydrogens (tertiary/aromatic N) is 3. The van der Waals surface area contributed by atoms with Crippen molar-refractivity contribution >= 4 is 32.8 Å². The molecule has 21 heavy (non-hydrogen) atoms. The minimum Gasteiger partial charge on any atom is -0.371 e. The van der Waals surface area contributed by atoms with Crippen LogP contribution in [0.4, 0.5) is 5.82 Å². The molecule has 0 aromatic carbocycles. The fourth-order valence-electron chi connectivity index (χ4n) is 1.96. The molecule has 0 saturated carbocycles. The van der Waals surface area contributed by atoms with Crippen LogP contribution < -0.4 is 10.0 Å². The zero-order chi connectivity index (χ0) is 14.9. The van der Waals surface area contributed by atoms with Gasteiger partial charge >= 0.3 is 0 Å². The second-order valence-corrected chi connectivity index (χ2v) is 6.65. The van der Waals surface area contributed by atoms with Crippen LogP contribution >= 0.6 is 11.3 Å². The third-order valence-corrected chi connectivity index (χ3v) is 4.96. The van der Waals surface area contributed by atoms with Crippen molar-refractivity contribution in [3.8, 4) is 0 Å². The van der Waals surface area contributed by atoms with Crippen LogP contribution in [-0.2, 0) is 16.6 Å². The number of rotatable bonds is 5. The molecule has 0 aliphatic carbocycles. The van der Waals surface area contributed by atoms with E-state index in [4.69, 9.17) is 0 Å². The smallest absolute Gasteiger partial charge is 0.260 e. The number of anilines is 1. The van der Waals surface area contributed by atoms with Crippen molar-refractivity contribution in [2.45, 2.75) is 11.6 Å². The third-order valence-electron chi connectivity index (χ3n) is 2.90. The fraction of sp³-hybridized carbons (Fsp3) is 0.167. The van der Waals surface area contributed by atoms with Gasteiger partial charge in [0.05, 0.1) is 17.7 Å². The molecule has 7 nitrogen and oxygen atoms in total. The maximum Gasteiger partial charge on any atom is 0.260 e. The predicted octanol–water partition coefficient (Wildman–Crippen LogP) is 1.31. The Labute approximate surface area is 125 Å². The average Bonchev–Trinajstić information content (AvgIpc) is 3.12. The highest BCUT2D eigenvalue weighted by Crippen LogP contribution is 2.22. The highest BCUT2D eigenvalue weighted by Gasteiger charge is 2.24. The van der Waals surface area contributed by atoms with E-state index < -0.39 is 10.0 Å². The Morgan fingerprint density at radius 2 is 2.24 bits per heavy atom. The predicted molar refractivity (Wildman–Crippen MR) is 80.9 cm³/mol. The second-order valence-electron chi connectivity index (χ2n) is 4.25. The summed E-state index contributed by atoms with van der Waals surface area (Å²) in [5.74, 6) is 0.312. The van der Waals surface area contributed by atoms with Gasteiger partial charge in [0.2, 0.25) is 0 Å². The highest BCUT2D eigenvalue weighted by molar-refractivity contribution is 7.89. The quantitative estimate of drug-likeness (QED) is 0.739. The van der Waals surface area contributed by atoms with Crippen LogP contribution in [0.3, 0.4) is 0 Å². The SMILES string of the molecule is CNc1nc2ccccn2c1S(=O)(=O)NCc1cscn1. The highest BCUT2D eigenvalue weighted by atomic mass is 32.2. The number of imidazole rings is 1. The standard InChI is InChI=1S/C12H13N5O2S2/c1-13-11-12(17-5-3-2-4-10(17)16-11)21(18,19)15-6-9-7-20-8-14-9/h2-5,7-8,13,15H,6H2,1H3. The maximum absolute atomic E-state index is 12.5. The largest absolute Gasteiger partial charge is 0.371 e. The molecular formula is C12H13N5O2S2. The molecule has 0 unspecified atom stereocenters. The Kier molecular flexibility index (Phi) is 3.62. The minimum atomic E-state index is -3.71. The molecular weight excluding hydrogens is 310 g/mol. The summed E-state index contributed by atoms with van der Waals surface area (Å²) < 4.78 is 29.2. The fourth-order valence-corrected chi connectivity index (χ4v) is 3.80. The molecule has 3 rings (SSSR count). The van der Waals surface area contributed by atoms with Crippen molar-refractivity contribution in [1.29, 1.82) is 0 Å². The lowest BCUT2D eigenvalue weighted by atomic mass is 10.5. The molecule has 3 aromatic heterocycles. The van der Waals surface area contributed by atoms with E-state index in [-0.39, 0.29) is 11.6 Å². The summed E-state index contributed by atoms with van der Waals surface area (Å²) in [6, 6.07) is 5.31. The molecule has 2 N–H and O–H groups in total. The Balaban J connectivity index is 2.01. The number of hydrogen-bond acceptors (Lipinski definition) is 6. The molecule has 0 atom stereocenters. The van der Waals surface area contributed by atoms with Crippen LogP contribution in [0.1, 0.15) is 5.69 Å². The molecule has 3 heterocycles. The molecule has 110 valence electrons. The van der Waals surface area contributed by atoms with Crippen LogP contribution in [0.25, 0.3) is 5.65 Å². The molecule has 0 aliphatic heterocycles. The lowest BCUT2D eigenvalue weighted by molar-refractivity contribution is 0.576. The van der Waals surface area contributed by atoms with Crippen LogP contribution in [0.5, 0.6) is 0 Å². The number of thiazole rings is 1. The van der Waals surface area contributed by atoms with E-state index in [0.717, 1.165) is 0 Å². The minimum absolute atomic E-state index is 0.0934. The van der Waals surface area contributed by atoms with Crippen molar-refractivity contribution in [2.75, 3.05) is 12.4 Å². The lowest BCUT2D eigenvalue weighted by Gasteiger charge is -2.07. The van der Waals surface area contributed by atoms with Gasteiger partial charge in [0.25, 0.3) is 10.0 Å². The molecule has 3 aromatic rings. The number of pyridine rings is 1. The van der Waals surface area contributed by atoms with Crippen molar-refractivity contribution in [3.63, 3.8) is 0 Å². The summed E-state index contributed by atoms with van der Waals surface area (Å²) in [7, 11) is -2.07. The Morgan fingerprint density at radius 1 is 1.38 bits per heavy atom. The van der Waals surface area contributed by atoms with Crippen molar-refractivity contribution < 1.29 is 8.42 Å². The van der Waals surface area contributed by atoms with Gasteiger partial charge in [-0.3, -0.25) is 4.40 Å². The zero-order valence-corrected chi connectivity index (χ0v) is 12.8. The first kappa shape index (κ1) is 14.0. The number of fused-ring (bicyclic) bond motifs is 1. The number of nitrogens with one attached hydrogen (secondary N) is 2. The molecule has 0 spiro atoms. The third kappa shape index (κ3) is 2.62. The van der Waals surface area contributed by atoms with E-state index in [9.17, 15) is 8.42 Å². The summed E-state index contributed by atoms with van der Waals surface area (Å²) >= 11 is 1.42. The van der Waals surface area contributed by atoms with E-state index in [2.05, 4.69) is 20.0 Å². The van der Waals surface area contributed by atoms with Gasteiger partial charge in [-0.25, -0.2) is 23.1 Å². The summed E-state index contributed by atoms with van der Waals surface area (Å²) in [6.07, 6.45) is 1.67. The van der Waals surface area contributed by atoms with Gasteiger partial charge in [-0.05, 0) is 12.1 Å². The summed E-state index contributed by atoms with van der Waals surface area (Å²) in [6.45, 7) is 0.148. The van der Waals surface area contributed by atoms with E-state index >= 15 is 0 Å². The van der Waals surface area contributed by atoms with Crippen LogP contribution in [0, 0.1) is 0 Å². The first-order chi connectivity index (χ1) is 10.1. The van der Waals surface area contributed by atoms with Gasteiger partial charge in [0, 0.05) is 18.6 Å². The van der Waals surface area contributed by atoms with Gasteiger partial charge in [-0.1, -0.05) is 6.07 Å². The number of hydrogen-bond donors (Lipinski definition) is 2. The van der Waals surface area contributed by atoms with E-state index in [0.29, 0.717) is 17.2 Å². The van der Waals surface area contributed by atoms with Gasteiger partial charge < -0.3 is 5.32 Å². The lowest BCUT2D eigenvalue weighted by Crippen LogP contribution is -2.25. The number of aromatic nitrogens is 3. The van der Waals surface area contributed by atoms with Crippen LogP contribution in [0.2, 0.25) is 0 Å². The molecule has 0 saturated heterocycles. The van der Waals surface area contributed by atoms with Gasteiger partial charge in [0.15, 0.2) is 10.8 Å². The Bertz CT molecular complexity index is 855. The molecule has 0 fully saturated rings. The molecule has 0 bridgehead atoms. The van der Waals surface area contributed by atoms with Crippen LogP contribution in [0.15, 0.2) is 40.3 Å². The first-order valence-electron chi connectivity index (χ1n) is 6.13. The average molecular weight is 323 g/mol. The Morgan fingerprint density at radius 3 is 2.95 bits per heavy atom. The monoisotopic (exact) mass is 323 g/mol. The first-order valence-corrected chi connectivity index (χ1v) is 8.56. The topological polar surface area (TPSA) is 88.4 Å². The van der Waals surface area contributed by atoms with Gasteiger partial charge in [-0.2, -0.15) is 0 Å². The van der Waals surface area contributed by atoms with Crippen molar-refractivity contribution in [2.24, 2.45) is 0 Å². The molecule has 9 heteroatoms. The van der Waals surface area contributed by atoms with E-state index in [1.165, 1.54) is 15.7 Å². The molecule has 0 radical (unpaired) electrons. The van der Waals surface area contributed by atoms with E-state index in [1.54, 1.807) is 42.3 Å². The maximum atomic E-state index is 12.5.